The third-order valence-corrected chi connectivity index (χ3v) is 4.09. The molecule has 1 aromatic carbocycles. The second-order valence-corrected chi connectivity index (χ2v) is 6.83. The van der Waals surface area contributed by atoms with Gasteiger partial charge in [-0.1, -0.05) is 43.1 Å². The molecule has 3 amide bonds. The zero-order chi connectivity index (χ0) is 15.8. The number of nitrogens with zero attached hydrogens (tertiary/aromatic N) is 1. The highest BCUT2D eigenvalue weighted by atomic mass is 35.5. The molecule has 0 saturated carbocycles. The molecule has 1 heterocycles. The Bertz CT molecular complexity index is 589. The van der Waals surface area contributed by atoms with Gasteiger partial charge in [0.25, 0.3) is 5.91 Å². The maximum Gasteiger partial charge on any atom is 0.325 e. The van der Waals surface area contributed by atoms with E-state index in [-0.39, 0.29) is 18.5 Å². The van der Waals surface area contributed by atoms with Gasteiger partial charge in [-0.15, -0.1) is 0 Å². The fourth-order valence-corrected chi connectivity index (χ4v) is 3.13. The molecule has 1 aliphatic rings. The number of hydrogen-bond donors (Lipinski definition) is 1. The average molecular weight is 329 g/mol. The number of rotatable bonds is 4. The van der Waals surface area contributed by atoms with Crippen LogP contribution in [0.15, 0.2) is 18.2 Å². The van der Waals surface area contributed by atoms with E-state index in [0.717, 1.165) is 0 Å². The normalized spacial score (nSPS) is 22.1. The van der Waals surface area contributed by atoms with Gasteiger partial charge in [0.2, 0.25) is 0 Å². The first-order chi connectivity index (χ1) is 9.73. The minimum absolute atomic E-state index is 0.147. The van der Waals surface area contributed by atoms with E-state index < -0.39 is 5.54 Å². The molecule has 2 rings (SSSR count). The third kappa shape index (κ3) is 3.33. The molecule has 1 aromatic rings. The van der Waals surface area contributed by atoms with Crippen LogP contribution in [0.3, 0.4) is 0 Å². The molecule has 1 atom stereocenters. The Morgan fingerprint density at radius 1 is 1.29 bits per heavy atom. The molecule has 0 aliphatic carbocycles. The average Bonchev–Trinajstić information content (AvgIpc) is 2.54. The summed E-state index contributed by atoms with van der Waals surface area (Å²) >= 11 is 12.0. The Balaban J connectivity index is 2.21. The molecular weight excluding hydrogens is 311 g/mol. The smallest absolute Gasteiger partial charge is 0.323 e. The summed E-state index contributed by atoms with van der Waals surface area (Å²) in [6, 6.07) is 4.64. The van der Waals surface area contributed by atoms with Crippen molar-refractivity contribution in [3.05, 3.63) is 33.8 Å². The van der Waals surface area contributed by atoms with E-state index in [2.05, 4.69) is 5.32 Å². The number of imide groups is 1. The van der Waals surface area contributed by atoms with E-state index in [1.54, 1.807) is 25.1 Å². The summed E-state index contributed by atoms with van der Waals surface area (Å²) in [5.74, 6) is 0.0885. The summed E-state index contributed by atoms with van der Waals surface area (Å²) in [7, 11) is 0. The zero-order valence-corrected chi connectivity index (χ0v) is 13.8. The van der Waals surface area contributed by atoms with Crippen molar-refractivity contribution >= 4 is 35.1 Å². The first-order valence-corrected chi connectivity index (χ1v) is 7.56. The molecule has 1 N–H and O–H groups in total. The monoisotopic (exact) mass is 328 g/mol. The van der Waals surface area contributed by atoms with Gasteiger partial charge in [-0.3, -0.25) is 9.69 Å². The molecule has 0 bridgehead atoms. The first-order valence-electron chi connectivity index (χ1n) is 6.81. The molecule has 0 radical (unpaired) electrons. The van der Waals surface area contributed by atoms with E-state index in [1.165, 1.54) is 4.90 Å². The number of benzene rings is 1. The minimum atomic E-state index is -0.843. The molecule has 4 nitrogen and oxygen atoms in total. The van der Waals surface area contributed by atoms with Gasteiger partial charge in [0, 0.05) is 10.0 Å². The van der Waals surface area contributed by atoms with Gasteiger partial charge >= 0.3 is 6.03 Å². The summed E-state index contributed by atoms with van der Waals surface area (Å²) in [6.45, 7) is 5.94. The quantitative estimate of drug-likeness (QED) is 0.853. The van der Waals surface area contributed by atoms with Crippen molar-refractivity contribution in [1.29, 1.82) is 0 Å². The Morgan fingerprint density at radius 3 is 2.52 bits per heavy atom. The maximum absolute atomic E-state index is 12.5. The van der Waals surface area contributed by atoms with Gasteiger partial charge in [0.15, 0.2) is 0 Å². The van der Waals surface area contributed by atoms with Crippen molar-refractivity contribution in [2.45, 2.75) is 39.3 Å². The lowest BCUT2D eigenvalue weighted by atomic mass is 9.91. The molecular formula is C15H18Cl2N2O2. The van der Waals surface area contributed by atoms with Gasteiger partial charge in [0.05, 0.1) is 6.54 Å². The molecule has 21 heavy (non-hydrogen) atoms. The molecule has 114 valence electrons. The van der Waals surface area contributed by atoms with E-state index >= 15 is 0 Å². The van der Waals surface area contributed by atoms with E-state index in [1.807, 2.05) is 13.8 Å². The zero-order valence-electron chi connectivity index (χ0n) is 12.2. The maximum atomic E-state index is 12.5. The van der Waals surface area contributed by atoms with Gasteiger partial charge in [-0.25, -0.2) is 4.79 Å². The van der Waals surface area contributed by atoms with Crippen LogP contribution in [-0.2, 0) is 11.3 Å². The van der Waals surface area contributed by atoms with Crippen LogP contribution >= 0.6 is 23.2 Å². The Kier molecular flexibility index (Phi) is 4.49. The molecule has 6 heteroatoms. The van der Waals surface area contributed by atoms with Crippen LogP contribution in [0.25, 0.3) is 0 Å². The molecule has 0 aromatic heterocycles. The van der Waals surface area contributed by atoms with Crippen LogP contribution in [0.2, 0.25) is 10.0 Å². The van der Waals surface area contributed by atoms with Crippen LogP contribution in [0.5, 0.6) is 0 Å². The SMILES string of the molecule is CC(C)CC1(C)NC(=O)N(Cc2ccc(Cl)cc2Cl)C1=O. The van der Waals surface area contributed by atoms with E-state index in [4.69, 9.17) is 23.2 Å². The molecule has 1 fully saturated rings. The lowest BCUT2D eigenvalue weighted by Gasteiger charge is -2.23. The summed E-state index contributed by atoms with van der Waals surface area (Å²) in [5, 5.41) is 3.74. The summed E-state index contributed by atoms with van der Waals surface area (Å²) in [4.78, 5) is 25.8. The molecule has 1 aliphatic heterocycles. The first kappa shape index (κ1) is 16.1. The number of halogens is 2. The number of hydrogen-bond acceptors (Lipinski definition) is 2. The standard InChI is InChI=1S/C15H18Cl2N2O2/c1-9(2)7-15(3)13(20)19(14(21)18-15)8-10-4-5-11(16)6-12(10)17/h4-6,9H,7-8H2,1-3H3,(H,18,21). The van der Waals surface area contributed by atoms with Crippen molar-refractivity contribution in [3.8, 4) is 0 Å². The van der Waals surface area contributed by atoms with Crippen molar-refractivity contribution in [3.63, 3.8) is 0 Å². The van der Waals surface area contributed by atoms with Crippen molar-refractivity contribution in [1.82, 2.24) is 10.2 Å². The second kappa shape index (κ2) is 5.85. The van der Waals surface area contributed by atoms with Crippen LogP contribution in [-0.4, -0.2) is 22.4 Å². The predicted octanol–water partition coefficient (Wildman–Crippen LogP) is 3.85. The highest BCUT2D eigenvalue weighted by Gasteiger charge is 2.47. The van der Waals surface area contributed by atoms with E-state index in [9.17, 15) is 9.59 Å². The second-order valence-electron chi connectivity index (χ2n) is 5.99. The Morgan fingerprint density at radius 2 is 1.95 bits per heavy atom. The number of carbonyl (C=O) groups excluding carboxylic acids is 2. The van der Waals surface area contributed by atoms with Gasteiger partial charge in [-0.05, 0) is 37.0 Å². The van der Waals surface area contributed by atoms with Crippen molar-refractivity contribution < 1.29 is 9.59 Å². The third-order valence-electron chi connectivity index (χ3n) is 3.51. The van der Waals surface area contributed by atoms with Crippen LogP contribution in [0, 0.1) is 5.92 Å². The van der Waals surface area contributed by atoms with Crippen molar-refractivity contribution in [2.24, 2.45) is 5.92 Å². The fourth-order valence-electron chi connectivity index (χ4n) is 2.67. The van der Waals surface area contributed by atoms with Crippen LogP contribution in [0.4, 0.5) is 4.79 Å². The molecule has 1 saturated heterocycles. The van der Waals surface area contributed by atoms with Crippen molar-refractivity contribution in [2.75, 3.05) is 0 Å². The number of urea groups is 1. The number of carbonyl (C=O) groups is 2. The molecule has 0 spiro atoms. The Hall–Kier alpha value is -1.26. The minimum Gasteiger partial charge on any atom is -0.323 e. The fraction of sp³-hybridized carbons (Fsp3) is 0.467. The van der Waals surface area contributed by atoms with Crippen LogP contribution < -0.4 is 5.32 Å². The summed E-state index contributed by atoms with van der Waals surface area (Å²) in [6.07, 6.45) is 0.600. The van der Waals surface area contributed by atoms with Gasteiger partial charge in [-0.2, -0.15) is 0 Å². The highest BCUT2D eigenvalue weighted by Crippen LogP contribution is 2.28. The Labute approximate surface area is 134 Å². The topological polar surface area (TPSA) is 49.4 Å². The van der Waals surface area contributed by atoms with Crippen LogP contribution in [0.1, 0.15) is 32.8 Å². The predicted molar refractivity (Wildman–Crippen MR) is 83.4 cm³/mol. The lowest BCUT2D eigenvalue weighted by molar-refractivity contribution is -0.131. The van der Waals surface area contributed by atoms with Gasteiger partial charge in [0.1, 0.15) is 5.54 Å². The highest BCUT2D eigenvalue weighted by molar-refractivity contribution is 6.35. The largest absolute Gasteiger partial charge is 0.325 e. The number of amides is 3. The summed E-state index contributed by atoms with van der Waals surface area (Å²) < 4.78 is 0. The molecule has 1 unspecified atom stereocenters. The lowest BCUT2D eigenvalue weighted by Crippen LogP contribution is -2.44. The van der Waals surface area contributed by atoms with Gasteiger partial charge < -0.3 is 5.32 Å². The number of nitrogens with one attached hydrogen (secondary N) is 1. The summed E-state index contributed by atoms with van der Waals surface area (Å²) in [5.41, 5.74) is -0.150. The van der Waals surface area contributed by atoms with E-state index in [0.29, 0.717) is 27.9 Å².